The lowest BCUT2D eigenvalue weighted by molar-refractivity contribution is -0.124. The quantitative estimate of drug-likeness (QED) is 0.654. The molecule has 0 bridgehead atoms. The summed E-state index contributed by atoms with van der Waals surface area (Å²) in [6, 6.07) is 14.0. The number of ketones is 1. The van der Waals surface area contributed by atoms with Gasteiger partial charge in [-0.1, -0.05) is 42.0 Å². The van der Waals surface area contributed by atoms with E-state index in [0.717, 1.165) is 17.5 Å². The number of Topliss-reactive ketones (excluding diaryl/α,β-unsaturated/α-hetero) is 1. The number of hydrogen-bond acceptors (Lipinski definition) is 4. The van der Waals surface area contributed by atoms with Crippen molar-refractivity contribution >= 4 is 17.6 Å². The van der Waals surface area contributed by atoms with Crippen LogP contribution in [0, 0.1) is 13.8 Å². The molecule has 1 atom stereocenters. The number of aryl methyl sites for hydroxylation is 2. The maximum absolute atomic E-state index is 12.7. The Labute approximate surface area is 159 Å². The largest absolute Gasteiger partial charge is 0.293 e. The monoisotopic (exact) mass is 364 g/mol. The minimum atomic E-state index is -0.452. The topological polar surface area (TPSA) is 66.5 Å². The van der Waals surface area contributed by atoms with Gasteiger partial charge in [-0.3, -0.25) is 24.6 Å². The molecule has 2 amide bonds. The van der Waals surface area contributed by atoms with Crippen LogP contribution in [0.2, 0.25) is 0 Å². The third kappa shape index (κ3) is 4.49. The third-order valence-corrected chi connectivity index (χ3v) is 4.97. The van der Waals surface area contributed by atoms with Crippen molar-refractivity contribution in [1.29, 1.82) is 0 Å². The molecule has 0 radical (unpaired) electrons. The van der Waals surface area contributed by atoms with Crippen LogP contribution in [-0.4, -0.2) is 41.6 Å². The Morgan fingerprint density at radius 3 is 2.52 bits per heavy atom. The van der Waals surface area contributed by atoms with Gasteiger partial charge in [0.15, 0.2) is 5.78 Å². The average Bonchev–Trinajstić information content (AvgIpc) is 3.10. The van der Waals surface area contributed by atoms with Crippen LogP contribution in [0.1, 0.15) is 44.7 Å². The summed E-state index contributed by atoms with van der Waals surface area (Å²) >= 11 is 0. The zero-order chi connectivity index (χ0) is 19.4. The normalized spacial score (nSPS) is 16.9. The zero-order valence-electron chi connectivity index (χ0n) is 15.7. The molecule has 0 aromatic heterocycles. The second-order valence-electron chi connectivity index (χ2n) is 7.05. The summed E-state index contributed by atoms with van der Waals surface area (Å²) in [4.78, 5) is 39.4. The van der Waals surface area contributed by atoms with E-state index in [9.17, 15) is 14.4 Å². The van der Waals surface area contributed by atoms with Gasteiger partial charge >= 0.3 is 0 Å². The molecular formula is C22H24N2O3. The average molecular weight is 364 g/mol. The lowest BCUT2D eigenvalue weighted by atomic mass is 10.0. The van der Waals surface area contributed by atoms with Crippen molar-refractivity contribution in [2.75, 3.05) is 13.1 Å². The van der Waals surface area contributed by atoms with Gasteiger partial charge in [0, 0.05) is 11.1 Å². The molecule has 0 aliphatic carbocycles. The molecule has 1 aliphatic rings. The first-order valence-corrected chi connectivity index (χ1v) is 9.20. The SMILES string of the molecule is Cc1ccc(C(=O)CN2CCC[C@H]2C(=O)NC(=O)c2ccccc2)c(C)c1. The second-order valence-corrected chi connectivity index (χ2v) is 7.05. The summed E-state index contributed by atoms with van der Waals surface area (Å²) in [6.45, 7) is 4.77. The Kier molecular flexibility index (Phi) is 5.81. The zero-order valence-corrected chi connectivity index (χ0v) is 15.7. The number of carbonyl (C=O) groups is 3. The van der Waals surface area contributed by atoms with Crippen molar-refractivity contribution in [3.05, 3.63) is 70.8 Å². The van der Waals surface area contributed by atoms with Crippen molar-refractivity contribution in [1.82, 2.24) is 10.2 Å². The minimum Gasteiger partial charge on any atom is -0.293 e. The maximum Gasteiger partial charge on any atom is 0.257 e. The number of amides is 2. The van der Waals surface area contributed by atoms with E-state index in [0.29, 0.717) is 24.1 Å². The van der Waals surface area contributed by atoms with E-state index in [2.05, 4.69) is 5.32 Å². The Bertz CT molecular complexity index is 861. The molecule has 5 nitrogen and oxygen atoms in total. The van der Waals surface area contributed by atoms with E-state index in [-0.39, 0.29) is 18.2 Å². The first-order chi connectivity index (χ1) is 13.0. The van der Waals surface area contributed by atoms with E-state index >= 15 is 0 Å². The highest BCUT2D eigenvalue weighted by Crippen LogP contribution is 2.19. The van der Waals surface area contributed by atoms with Crippen molar-refractivity contribution in [3.63, 3.8) is 0 Å². The number of rotatable bonds is 5. The van der Waals surface area contributed by atoms with Gasteiger partial charge in [0.25, 0.3) is 5.91 Å². The fraction of sp³-hybridized carbons (Fsp3) is 0.318. The van der Waals surface area contributed by atoms with Crippen molar-refractivity contribution < 1.29 is 14.4 Å². The summed E-state index contributed by atoms with van der Waals surface area (Å²) in [6.07, 6.45) is 1.48. The minimum absolute atomic E-state index is 0.00147. The fourth-order valence-corrected chi connectivity index (χ4v) is 3.57. The molecule has 0 spiro atoms. The molecule has 5 heteroatoms. The molecular weight excluding hydrogens is 340 g/mol. The third-order valence-electron chi connectivity index (χ3n) is 4.97. The predicted molar refractivity (Wildman–Crippen MR) is 104 cm³/mol. The van der Waals surface area contributed by atoms with Gasteiger partial charge < -0.3 is 0 Å². The van der Waals surface area contributed by atoms with Crippen LogP contribution < -0.4 is 5.32 Å². The Hall–Kier alpha value is -2.79. The number of nitrogens with zero attached hydrogens (tertiary/aromatic N) is 1. The summed E-state index contributed by atoms with van der Waals surface area (Å²) < 4.78 is 0. The van der Waals surface area contributed by atoms with Crippen molar-refractivity contribution in [2.45, 2.75) is 32.7 Å². The van der Waals surface area contributed by atoms with E-state index < -0.39 is 11.9 Å². The number of likely N-dealkylation sites (tertiary alicyclic amines) is 1. The van der Waals surface area contributed by atoms with E-state index in [4.69, 9.17) is 0 Å². The van der Waals surface area contributed by atoms with Crippen LogP contribution in [0.15, 0.2) is 48.5 Å². The molecule has 140 valence electrons. The van der Waals surface area contributed by atoms with E-state index in [1.54, 1.807) is 24.3 Å². The van der Waals surface area contributed by atoms with Gasteiger partial charge in [0.2, 0.25) is 5.91 Å². The molecule has 1 heterocycles. The molecule has 27 heavy (non-hydrogen) atoms. The summed E-state index contributed by atoms with van der Waals surface area (Å²) in [7, 11) is 0. The van der Waals surface area contributed by atoms with Gasteiger partial charge in [-0.15, -0.1) is 0 Å². The van der Waals surface area contributed by atoms with Crippen molar-refractivity contribution in [2.24, 2.45) is 0 Å². The number of hydrogen-bond donors (Lipinski definition) is 1. The molecule has 2 aromatic rings. The predicted octanol–water partition coefficient (Wildman–Crippen LogP) is 2.91. The van der Waals surface area contributed by atoms with Gasteiger partial charge in [-0.25, -0.2) is 0 Å². The molecule has 1 N–H and O–H groups in total. The maximum atomic E-state index is 12.7. The molecule has 2 aromatic carbocycles. The number of benzene rings is 2. The Morgan fingerprint density at radius 1 is 1.07 bits per heavy atom. The van der Waals surface area contributed by atoms with Gasteiger partial charge in [0.05, 0.1) is 12.6 Å². The van der Waals surface area contributed by atoms with Gasteiger partial charge in [0.1, 0.15) is 0 Å². The van der Waals surface area contributed by atoms with Crippen LogP contribution in [0.5, 0.6) is 0 Å². The molecule has 3 rings (SSSR count). The van der Waals surface area contributed by atoms with Crippen molar-refractivity contribution in [3.8, 4) is 0 Å². The van der Waals surface area contributed by atoms with Crippen LogP contribution >= 0.6 is 0 Å². The lowest BCUT2D eigenvalue weighted by Gasteiger charge is -2.23. The number of nitrogens with one attached hydrogen (secondary N) is 1. The Morgan fingerprint density at radius 2 is 1.81 bits per heavy atom. The van der Waals surface area contributed by atoms with E-state index in [1.165, 1.54) is 0 Å². The Balaban J connectivity index is 1.65. The summed E-state index contributed by atoms with van der Waals surface area (Å²) in [5.41, 5.74) is 3.19. The lowest BCUT2D eigenvalue weighted by Crippen LogP contribution is -2.46. The summed E-state index contributed by atoms with van der Waals surface area (Å²) in [5, 5.41) is 2.47. The number of imide groups is 1. The molecule has 1 saturated heterocycles. The molecule has 1 fully saturated rings. The first-order valence-electron chi connectivity index (χ1n) is 9.20. The van der Waals surface area contributed by atoms with E-state index in [1.807, 2.05) is 43.0 Å². The standard InChI is InChI=1S/C22H24N2O3/c1-15-10-11-18(16(2)13-15)20(25)14-24-12-6-9-19(24)22(27)23-21(26)17-7-4-3-5-8-17/h3-5,7-8,10-11,13,19H,6,9,12,14H2,1-2H3,(H,23,26,27)/t19-/m0/s1. The second kappa shape index (κ2) is 8.27. The molecule has 0 unspecified atom stereocenters. The van der Waals surface area contributed by atoms with Crippen LogP contribution in [0.4, 0.5) is 0 Å². The van der Waals surface area contributed by atoms with Gasteiger partial charge in [-0.2, -0.15) is 0 Å². The highest BCUT2D eigenvalue weighted by Gasteiger charge is 2.33. The smallest absolute Gasteiger partial charge is 0.257 e. The molecule has 1 aliphatic heterocycles. The first kappa shape index (κ1) is 19.0. The van der Waals surface area contributed by atoms with Gasteiger partial charge in [-0.05, 0) is 50.9 Å². The fourth-order valence-electron chi connectivity index (χ4n) is 3.57. The van der Waals surface area contributed by atoms with Crippen LogP contribution in [0.25, 0.3) is 0 Å². The highest BCUT2D eigenvalue weighted by atomic mass is 16.2. The highest BCUT2D eigenvalue weighted by molar-refractivity contribution is 6.06. The van der Waals surface area contributed by atoms with Crippen LogP contribution in [-0.2, 0) is 4.79 Å². The summed E-state index contributed by atoms with van der Waals surface area (Å²) in [5.74, 6) is -0.746. The number of carbonyl (C=O) groups excluding carboxylic acids is 3. The molecule has 0 saturated carbocycles. The van der Waals surface area contributed by atoms with Crippen LogP contribution in [0.3, 0.4) is 0 Å².